The highest BCUT2D eigenvalue weighted by Crippen LogP contribution is 2.30. The van der Waals surface area contributed by atoms with E-state index in [2.05, 4.69) is 25.8 Å². The van der Waals surface area contributed by atoms with Crippen LogP contribution in [0.4, 0.5) is 8.78 Å². The molecular formula is C22H21BrF2N2O. The number of para-hydroxylation sites is 1. The lowest BCUT2D eigenvalue weighted by atomic mass is 10.1. The molecular weight excluding hydrogens is 426 g/mol. The van der Waals surface area contributed by atoms with Gasteiger partial charge in [0.15, 0.2) is 0 Å². The summed E-state index contributed by atoms with van der Waals surface area (Å²) in [5, 5.41) is 0.699. The zero-order valence-corrected chi connectivity index (χ0v) is 17.2. The van der Waals surface area contributed by atoms with Crippen LogP contribution in [-0.4, -0.2) is 29.1 Å². The van der Waals surface area contributed by atoms with Crippen LogP contribution in [-0.2, 0) is 6.54 Å². The Morgan fingerprint density at radius 2 is 1.89 bits per heavy atom. The van der Waals surface area contributed by atoms with Crippen LogP contribution >= 0.6 is 15.9 Å². The molecule has 1 fully saturated rings. The van der Waals surface area contributed by atoms with Crippen molar-refractivity contribution >= 4 is 26.8 Å². The summed E-state index contributed by atoms with van der Waals surface area (Å²) in [4.78, 5) is 6.54. The first-order valence-corrected chi connectivity index (χ1v) is 10.2. The van der Waals surface area contributed by atoms with Crippen molar-refractivity contribution in [3.63, 3.8) is 0 Å². The topological polar surface area (TPSA) is 25.4 Å². The number of fused-ring (bicyclic) bond motifs is 1. The molecule has 0 atom stereocenters. The maximum atomic E-state index is 14.1. The third-order valence-corrected chi connectivity index (χ3v) is 5.61. The molecule has 6 heteroatoms. The molecule has 0 saturated carbocycles. The molecule has 0 aliphatic carbocycles. The molecule has 1 aliphatic heterocycles. The van der Waals surface area contributed by atoms with Crippen molar-refractivity contribution in [2.45, 2.75) is 32.4 Å². The van der Waals surface area contributed by atoms with Crippen LogP contribution in [0.5, 0.6) is 5.75 Å². The van der Waals surface area contributed by atoms with Gasteiger partial charge in [0.1, 0.15) is 29.0 Å². The van der Waals surface area contributed by atoms with Gasteiger partial charge in [0.25, 0.3) is 0 Å². The van der Waals surface area contributed by atoms with Crippen LogP contribution in [0.25, 0.3) is 10.9 Å². The molecule has 0 bridgehead atoms. The van der Waals surface area contributed by atoms with Crippen molar-refractivity contribution in [3.05, 3.63) is 69.8 Å². The fraction of sp³-hybridized carbons (Fsp3) is 0.318. The van der Waals surface area contributed by atoms with Gasteiger partial charge in [0.05, 0.1) is 0 Å². The Morgan fingerprint density at radius 3 is 2.64 bits per heavy atom. The highest BCUT2D eigenvalue weighted by Gasteiger charge is 2.22. The molecule has 0 amide bonds. The first-order valence-electron chi connectivity index (χ1n) is 9.38. The van der Waals surface area contributed by atoms with Gasteiger partial charge in [-0.05, 0) is 44.0 Å². The molecule has 4 rings (SSSR count). The molecule has 0 N–H and O–H groups in total. The number of aromatic nitrogens is 1. The lowest BCUT2D eigenvalue weighted by molar-refractivity contribution is 0.0973. The fourth-order valence-corrected chi connectivity index (χ4v) is 3.99. The Balaban J connectivity index is 1.42. The minimum absolute atomic E-state index is 0.0549. The monoisotopic (exact) mass is 446 g/mol. The third-order valence-electron chi connectivity index (χ3n) is 5.12. The molecule has 146 valence electrons. The predicted octanol–water partition coefficient (Wildman–Crippen LogP) is 5.63. The van der Waals surface area contributed by atoms with E-state index in [1.165, 1.54) is 12.1 Å². The third kappa shape index (κ3) is 4.18. The van der Waals surface area contributed by atoms with Crippen LogP contribution in [0.3, 0.4) is 0 Å². The SMILES string of the molecule is Cc1cc(OC2CCN(Cc3ccc(Br)cc3F)CC2)c2cccc(F)c2n1. The Bertz CT molecular complexity index is 1000. The van der Waals surface area contributed by atoms with Crippen molar-refractivity contribution in [1.29, 1.82) is 0 Å². The largest absolute Gasteiger partial charge is 0.490 e. The Hall–Kier alpha value is -2.05. The lowest BCUT2D eigenvalue weighted by Crippen LogP contribution is -2.38. The van der Waals surface area contributed by atoms with Gasteiger partial charge in [-0.15, -0.1) is 0 Å². The molecule has 1 aliphatic rings. The summed E-state index contributed by atoms with van der Waals surface area (Å²) >= 11 is 3.29. The van der Waals surface area contributed by atoms with Crippen LogP contribution in [0.2, 0.25) is 0 Å². The number of piperidine rings is 1. The van der Waals surface area contributed by atoms with Crippen molar-refractivity contribution < 1.29 is 13.5 Å². The molecule has 2 aromatic carbocycles. The van der Waals surface area contributed by atoms with Crippen LogP contribution in [0.1, 0.15) is 24.1 Å². The summed E-state index contributed by atoms with van der Waals surface area (Å²) in [6.45, 7) is 4.09. The molecule has 0 spiro atoms. The summed E-state index contributed by atoms with van der Waals surface area (Å²) in [6.07, 6.45) is 1.74. The molecule has 2 heterocycles. The molecule has 3 nitrogen and oxygen atoms in total. The van der Waals surface area contributed by atoms with Crippen LogP contribution in [0.15, 0.2) is 46.9 Å². The average molecular weight is 447 g/mol. The second-order valence-corrected chi connectivity index (χ2v) is 8.14. The number of rotatable bonds is 4. The van der Waals surface area contributed by atoms with Gasteiger partial charge >= 0.3 is 0 Å². The van der Waals surface area contributed by atoms with Gasteiger partial charge in [-0.2, -0.15) is 0 Å². The van der Waals surface area contributed by atoms with Crippen molar-refractivity contribution in [3.8, 4) is 5.75 Å². The fourth-order valence-electron chi connectivity index (χ4n) is 3.66. The smallest absolute Gasteiger partial charge is 0.149 e. The first-order chi connectivity index (χ1) is 13.5. The van der Waals surface area contributed by atoms with E-state index in [4.69, 9.17) is 4.74 Å². The van der Waals surface area contributed by atoms with Gasteiger partial charge in [0, 0.05) is 46.8 Å². The van der Waals surface area contributed by atoms with E-state index in [0.29, 0.717) is 28.8 Å². The Morgan fingerprint density at radius 1 is 1.11 bits per heavy atom. The summed E-state index contributed by atoms with van der Waals surface area (Å²) in [5.74, 6) is 0.158. The van der Waals surface area contributed by atoms with Crippen molar-refractivity contribution in [1.82, 2.24) is 9.88 Å². The summed E-state index contributed by atoms with van der Waals surface area (Å²) < 4.78 is 35.1. The number of ether oxygens (including phenoxy) is 1. The number of nitrogens with zero attached hydrogens (tertiary/aromatic N) is 2. The second-order valence-electron chi connectivity index (χ2n) is 7.23. The quantitative estimate of drug-likeness (QED) is 0.519. The average Bonchev–Trinajstić information content (AvgIpc) is 2.66. The number of halogens is 3. The van der Waals surface area contributed by atoms with Crippen molar-refractivity contribution in [2.24, 2.45) is 0 Å². The van der Waals surface area contributed by atoms with Crippen LogP contribution in [0, 0.1) is 18.6 Å². The van der Waals surface area contributed by atoms with Gasteiger partial charge in [0.2, 0.25) is 0 Å². The van der Waals surface area contributed by atoms with E-state index >= 15 is 0 Å². The predicted molar refractivity (Wildman–Crippen MR) is 109 cm³/mol. The minimum atomic E-state index is -0.336. The first kappa shape index (κ1) is 19.3. The maximum Gasteiger partial charge on any atom is 0.149 e. The van der Waals surface area contributed by atoms with E-state index in [-0.39, 0.29) is 17.7 Å². The van der Waals surface area contributed by atoms with Gasteiger partial charge in [-0.3, -0.25) is 4.90 Å². The van der Waals surface area contributed by atoms with Gasteiger partial charge < -0.3 is 4.74 Å². The number of likely N-dealkylation sites (tertiary alicyclic amines) is 1. The van der Waals surface area contributed by atoms with E-state index in [1.807, 2.05) is 31.2 Å². The molecule has 28 heavy (non-hydrogen) atoms. The Kier molecular flexibility index (Phi) is 5.60. The van der Waals surface area contributed by atoms with Crippen molar-refractivity contribution in [2.75, 3.05) is 13.1 Å². The highest BCUT2D eigenvalue weighted by atomic mass is 79.9. The molecule has 1 aromatic heterocycles. The highest BCUT2D eigenvalue weighted by molar-refractivity contribution is 9.10. The van der Waals surface area contributed by atoms with E-state index < -0.39 is 0 Å². The standard InChI is InChI=1S/C22H21BrF2N2O/c1-14-11-21(18-3-2-4-19(24)22(18)26-14)28-17-7-9-27(10-8-17)13-15-5-6-16(23)12-20(15)25/h2-6,11-12,17H,7-10,13H2,1H3. The normalized spacial score (nSPS) is 15.9. The van der Waals surface area contributed by atoms with E-state index in [1.54, 1.807) is 6.07 Å². The van der Waals surface area contributed by atoms with Gasteiger partial charge in [-0.1, -0.05) is 28.1 Å². The number of benzene rings is 2. The van der Waals surface area contributed by atoms with Gasteiger partial charge in [-0.25, -0.2) is 13.8 Å². The zero-order chi connectivity index (χ0) is 19.7. The summed E-state index contributed by atoms with van der Waals surface area (Å²) in [6, 6.07) is 12.0. The number of hydrogen-bond donors (Lipinski definition) is 0. The number of hydrogen-bond acceptors (Lipinski definition) is 3. The molecule has 1 saturated heterocycles. The molecule has 0 radical (unpaired) electrons. The summed E-state index contributed by atoms with van der Waals surface area (Å²) in [5.41, 5.74) is 1.78. The van der Waals surface area contributed by atoms with Crippen LogP contribution < -0.4 is 4.74 Å². The maximum absolute atomic E-state index is 14.1. The minimum Gasteiger partial charge on any atom is -0.490 e. The number of aryl methyl sites for hydroxylation is 1. The Labute approximate surface area is 171 Å². The zero-order valence-electron chi connectivity index (χ0n) is 15.6. The second kappa shape index (κ2) is 8.13. The van der Waals surface area contributed by atoms with E-state index in [0.717, 1.165) is 36.1 Å². The molecule has 0 unspecified atom stereocenters. The lowest BCUT2D eigenvalue weighted by Gasteiger charge is -2.32. The number of pyridine rings is 1. The van der Waals surface area contributed by atoms with E-state index in [9.17, 15) is 8.78 Å². The molecule has 3 aromatic rings. The summed E-state index contributed by atoms with van der Waals surface area (Å²) in [7, 11) is 0.